The van der Waals surface area contributed by atoms with Gasteiger partial charge < -0.3 is 11.0 Å². The van der Waals surface area contributed by atoms with Crippen molar-refractivity contribution < 1.29 is 84.5 Å². The fourth-order valence-corrected chi connectivity index (χ4v) is 0. The minimum atomic E-state index is 0. The summed E-state index contributed by atoms with van der Waals surface area (Å²) in [6.07, 6.45) is 0. The molecule has 0 spiro atoms. The van der Waals surface area contributed by atoms with E-state index >= 15 is 0 Å². The normalized spacial score (nSPS) is 0. The van der Waals surface area contributed by atoms with Crippen molar-refractivity contribution in [3.05, 3.63) is 0 Å². The molecule has 0 aliphatic carbocycles. The molecule has 1 radical (unpaired) electrons. The van der Waals surface area contributed by atoms with Crippen LogP contribution in [0.1, 0.15) is 0 Å². The molecule has 0 amide bonds. The van der Waals surface area contributed by atoms with E-state index in [9.17, 15) is 0 Å². The molecule has 2 nitrogen and oxygen atoms in total. The molecule has 0 aromatic rings. The largest absolute Gasteiger partial charge is 0.412 e. The first-order chi connectivity index (χ1) is 0. The van der Waals surface area contributed by atoms with Crippen molar-refractivity contribution in [2.75, 3.05) is 0 Å². The number of hydrogen-bond donors (Lipinski definition) is 0. The van der Waals surface area contributed by atoms with E-state index in [1.807, 2.05) is 0 Å². The van der Waals surface area contributed by atoms with Crippen LogP contribution in [0.3, 0.4) is 0 Å². The Hall–Kier alpha value is 2.26. The van der Waals surface area contributed by atoms with E-state index < -0.39 is 0 Å². The summed E-state index contributed by atoms with van der Waals surface area (Å²) in [5.41, 5.74) is 0. The minimum absolute atomic E-state index is 0. The van der Waals surface area contributed by atoms with Crippen LogP contribution in [0.2, 0.25) is 0 Å². The molecular formula is H4CuGdNiO2. The maximum absolute atomic E-state index is 0. The van der Waals surface area contributed by atoms with Crippen LogP contribution < -0.4 is 0 Å². The van der Waals surface area contributed by atoms with Crippen molar-refractivity contribution in [3.63, 3.8) is 0 Å². The van der Waals surface area contributed by atoms with Crippen molar-refractivity contribution in [1.82, 2.24) is 0 Å². The Morgan fingerprint density at radius 3 is 0.800 bits per heavy atom. The topological polar surface area (TPSA) is 63.0 Å². The summed E-state index contributed by atoms with van der Waals surface area (Å²) in [5.74, 6) is 0. The van der Waals surface area contributed by atoms with Gasteiger partial charge in [0.05, 0.1) is 0 Å². The Kier molecular flexibility index (Phi) is 378. The quantitative estimate of drug-likeness (QED) is 0.481. The van der Waals surface area contributed by atoms with Crippen LogP contribution in [-0.4, -0.2) is 11.0 Å². The van der Waals surface area contributed by atoms with Crippen molar-refractivity contribution in [2.24, 2.45) is 0 Å². The van der Waals surface area contributed by atoms with E-state index in [1.165, 1.54) is 0 Å². The van der Waals surface area contributed by atoms with E-state index in [1.54, 1.807) is 0 Å². The summed E-state index contributed by atoms with van der Waals surface area (Å²) in [4.78, 5) is 0. The predicted molar refractivity (Wildman–Crippen MR) is 7.23 cm³/mol. The van der Waals surface area contributed by atoms with Crippen LogP contribution in [0.5, 0.6) is 0 Å². The average Bonchev–Trinajstić information content (AvgIpc) is 0. The monoisotopic (exact) mass is 315 g/mol. The summed E-state index contributed by atoms with van der Waals surface area (Å²) in [6.45, 7) is 0. The Morgan fingerprint density at radius 1 is 0.800 bits per heavy atom. The van der Waals surface area contributed by atoms with Gasteiger partial charge in [-0.1, -0.05) is 0 Å². The van der Waals surface area contributed by atoms with Crippen LogP contribution in [0.25, 0.3) is 0 Å². The maximum atomic E-state index is 0. The maximum Gasteiger partial charge on any atom is 0 e. The summed E-state index contributed by atoms with van der Waals surface area (Å²) >= 11 is 0. The standard InChI is InChI=1S/Cu.Gd.Ni.2H2O/h;;;2*1H2. The van der Waals surface area contributed by atoms with E-state index in [0.717, 1.165) is 0 Å². The molecule has 0 unspecified atom stereocenters. The fraction of sp³-hybridized carbons (Fsp3) is 0. The molecule has 45 valence electrons. The number of rotatable bonds is 0. The van der Waals surface area contributed by atoms with Gasteiger partial charge >= 0.3 is 0 Å². The molecule has 4 N–H and O–H groups in total. The Balaban J connectivity index is 0. The van der Waals surface area contributed by atoms with Crippen LogP contribution in [-0.2, 0) is 33.6 Å². The summed E-state index contributed by atoms with van der Waals surface area (Å²) in [5, 5.41) is 0. The molecule has 5 heavy (non-hydrogen) atoms. The second-order valence-corrected chi connectivity index (χ2v) is 0. The molecule has 0 aromatic carbocycles. The molecule has 0 fully saturated rings. The Labute approximate surface area is 83.2 Å². The van der Waals surface area contributed by atoms with Gasteiger partial charge in [-0.2, -0.15) is 0 Å². The first-order valence-electron chi connectivity index (χ1n) is 0. The van der Waals surface area contributed by atoms with Gasteiger partial charge in [0.2, 0.25) is 0 Å². The van der Waals surface area contributed by atoms with Crippen molar-refractivity contribution in [1.29, 1.82) is 0 Å². The molecule has 0 bridgehead atoms. The molecule has 0 atom stereocenters. The van der Waals surface area contributed by atoms with Gasteiger partial charge in [0.15, 0.2) is 0 Å². The SMILES string of the molecule is O.O.[Cu].[Gd].[Ni]. The molecule has 5 heteroatoms. The van der Waals surface area contributed by atoms with E-state index in [0.29, 0.717) is 0 Å². The molecule has 0 saturated heterocycles. The van der Waals surface area contributed by atoms with E-state index in [-0.39, 0.29) is 84.5 Å². The average molecular weight is 316 g/mol. The van der Waals surface area contributed by atoms with Crippen LogP contribution in [0.4, 0.5) is 0 Å². The van der Waals surface area contributed by atoms with Crippen LogP contribution in [0.15, 0.2) is 0 Å². The zero-order valence-corrected chi connectivity index (χ0v) is 6.17. The smallest absolute Gasteiger partial charge is 0 e. The third-order valence-electron chi connectivity index (χ3n) is 0. The molecule has 0 rings (SSSR count). The van der Waals surface area contributed by atoms with Crippen LogP contribution >= 0.6 is 0 Å². The second-order valence-electron chi connectivity index (χ2n) is 0. The predicted octanol–water partition coefficient (Wildman–Crippen LogP) is -1.65. The van der Waals surface area contributed by atoms with Crippen molar-refractivity contribution in [2.45, 2.75) is 0 Å². The van der Waals surface area contributed by atoms with Gasteiger partial charge in [-0.25, -0.2) is 0 Å². The summed E-state index contributed by atoms with van der Waals surface area (Å²) in [7, 11) is 0. The molecule has 0 saturated carbocycles. The van der Waals surface area contributed by atoms with Crippen molar-refractivity contribution >= 4 is 0 Å². The number of hydrogen-bond acceptors (Lipinski definition) is 0. The zero-order chi connectivity index (χ0) is 0. The molecular weight excluding hydrogens is 311 g/mol. The third-order valence-corrected chi connectivity index (χ3v) is 0. The molecule has 0 aliphatic heterocycles. The third kappa shape index (κ3) is 22.3. The first kappa shape index (κ1) is 55.8. The van der Waals surface area contributed by atoms with E-state index in [2.05, 4.69) is 0 Å². The molecule has 0 aliphatic rings. The van der Waals surface area contributed by atoms with Crippen molar-refractivity contribution in [3.8, 4) is 0 Å². The molecule has 0 aromatic heterocycles. The van der Waals surface area contributed by atoms with Gasteiger partial charge in [-0.15, -0.1) is 0 Å². The van der Waals surface area contributed by atoms with Gasteiger partial charge in [0.25, 0.3) is 0 Å². The summed E-state index contributed by atoms with van der Waals surface area (Å²) < 4.78 is 0. The molecule has 0 heterocycles. The fourth-order valence-electron chi connectivity index (χ4n) is 0. The van der Waals surface area contributed by atoms with Gasteiger partial charge in [-0.05, 0) is 0 Å². The summed E-state index contributed by atoms with van der Waals surface area (Å²) in [6, 6.07) is 0. The van der Waals surface area contributed by atoms with Crippen LogP contribution in [0, 0.1) is 39.9 Å². The van der Waals surface area contributed by atoms with Gasteiger partial charge in [0, 0.05) is 73.5 Å². The Morgan fingerprint density at radius 2 is 0.800 bits per heavy atom. The van der Waals surface area contributed by atoms with E-state index in [4.69, 9.17) is 0 Å². The Bertz CT molecular complexity index is 9.61. The first-order valence-corrected chi connectivity index (χ1v) is 0. The zero-order valence-electron chi connectivity index (χ0n) is 1.97. The van der Waals surface area contributed by atoms with Gasteiger partial charge in [-0.3, -0.25) is 0 Å². The minimum Gasteiger partial charge on any atom is -0.412 e. The second kappa shape index (κ2) is 33.9. The van der Waals surface area contributed by atoms with Gasteiger partial charge in [0.1, 0.15) is 0 Å².